The van der Waals surface area contributed by atoms with Gasteiger partial charge in [-0.3, -0.25) is 4.72 Å². The van der Waals surface area contributed by atoms with Gasteiger partial charge in [-0.1, -0.05) is 85.8 Å². The summed E-state index contributed by atoms with van der Waals surface area (Å²) in [6.07, 6.45) is 6.70. The van der Waals surface area contributed by atoms with Crippen molar-refractivity contribution in [3.63, 3.8) is 0 Å². The summed E-state index contributed by atoms with van der Waals surface area (Å²) in [5, 5.41) is 4.23. The largest absolute Gasteiger partial charge is 0.358 e. The average Bonchev–Trinajstić information content (AvgIpc) is 3.11. The van der Waals surface area contributed by atoms with Crippen LogP contribution in [-0.2, 0) is 16.4 Å². The topological polar surface area (TPSA) is 72.2 Å². The maximum Gasteiger partial charge on any atom is 0.262 e. The Balaban J connectivity index is 1.71. The molecule has 1 aromatic heterocycles. The monoisotopic (exact) mass is 396 g/mol. The van der Waals surface area contributed by atoms with Gasteiger partial charge >= 0.3 is 0 Å². The Morgan fingerprint density at radius 3 is 2.25 bits per heavy atom. The highest BCUT2D eigenvalue weighted by molar-refractivity contribution is 7.92. The molecule has 2 aromatic carbocycles. The predicted molar refractivity (Wildman–Crippen MR) is 109 cm³/mol. The smallest absolute Gasteiger partial charge is 0.262 e. The molecule has 0 unspecified atom stereocenters. The van der Waals surface area contributed by atoms with Crippen LogP contribution >= 0.6 is 0 Å². The molecule has 146 valence electrons. The molecule has 3 aromatic rings. The Morgan fingerprint density at radius 2 is 1.57 bits per heavy atom. The van der Waals surface area contributed by atoms with E-state index in [-0.39, 0.29) is 4.90 Å². The second kappa shape index (κ2) is 8.19. The molecule has 0 saturated heterocycles. The van der Waals surface area contributed by atoms with Crippen LogP contribution in [0.15, 0.2) is 70.1 Å². The van der Waals surface area contributed by atoms with Crippen LogP contribution in [-0.4, -0.2) is 13.6 Å². The van der Waals surface area contributed by atoms with Crippen LogP contribution in [0.1, 0.15) is 37.9 Å². The molecule has 5 nitrogen and oxygen atoms in total. The molecule has 1 aliphatic carbocycles. The third-order valence-electron chi connectivity index (χ3n) is 5.30. The lowest BCUT2D eigenvalue weighted by atomic mass is 9.86. The Hall–Kier alpha value is -2.60. The number of aromatic nitrogens is 1. The number of nitrogens with zero attached hydrogens (tertiary/aromatic N) is 1. The summed E-state index contributed by atoms with van der Waals surface area (Å²) in [5.41, 5.74) is 1.82. The fraction of sp³-hybridized carbons (Fsp3) is 0.318. The third-order valence-corrected chi connectivity index (χ3v) is 6.66. The van der Waals surface area contributed by atoms with Gasteiger partial charge in [0.1, 0.15) is 11.4 Å². The number of benzene rings is 2. The lowest BCUT2D eigenvalue weighted by Crippen LogP contribution is -2.15. The average molecular weight is 397 g/mol. The molecule has 1 heterocycles. The van der Waals surface area contributed by atoms with E-state index in [1.54, 1.807) is 30.3 Å². The zero-order chi connectivity index (χ0) is 19.4. The van der Waals surface area contributed by atoms with E-state index in [1.165, 1.54) is 19.3 Å². The lowest BCUT2D eigenvalue weighted by Gasteiger charge is -2.20. The first kappa shape index (κ1) is 18.7. The molecule has 4 rings (SSSR count). The van der Waals surface area contributed by atoms with Crippen molar-refractivity contribution in [3.8, 4) is 11.3 Å². The van der Waals surface area contributed by atoms with Gasteiger partial charge in [0.25, 0.3) is 10.0 Å². The Labute approximate surface area is 165 Å². The second-order valence-electron chi connectivity index (χ2n) is 7.32. The highest BCUT2D eigenvalue weighted by atomic mass is 32.2. The zero-order valence-corrected chi connectivity index (χ0v) is 16.5. The number of hydrogen-bond donors (Lipinski definition) is 1. The first-order valence-electron chi connectivity index (χ1n) is 9.75. The molecule has 0 bridgehead atoms. The standard InChI is InChI=1S/C22H24N2O3S/c25-28(26,19-14-8-3-9-15-19)24-22-20(16-17-10-4-1-5-11-17)27-23-21(22)18-12-6-2-7-13-18/h2-3,6-9,12-15,17,24H,1,4-5,10-11,16H2. The van der Waals surface area contributed by atoms with E-state index in [1.807, 2.05) is 30.3 Å². The molecule has 0 amide bonds. The van der Waals surface area contributed by atoms with Gasteiger partial charge < -0.3 is 4.52 Å². The summed E-state index contributed by atoms with van der Waals surface area (Å²) in [4.78, 5) is 0.221. The summed E-state index contributed by atoms with van der Waals surface area (Å²) < 4.78 is 34.3. The fourth-order valence-corrected chi connectivity index (χ4v) is 4.92. The van der Waals surface area contributed by atoms with Crippen molar-refractivity contribution in [1.82, 2.24) is 5.16 Å². The fourth-order valence-electron chi connectivity index (χ4n) is 3.81. The molecule has 0 spiro atoms. The summed E-state index contributed by atoms with van der Waals surface area (Å²) in [7, 11) is -3.73. The van der Waals surface area contributed by atoms with Gasteiger partial charge in [0.15, 0.2) is 5.76 Å². The molecule has 0 atom stereocenters. The summed E-state index contributed by atoms with van der Waals surface area (Å²) in [6, 6.07) is 17.9. The van der Waals surface area contributed by atoms with Gasteiger partial charge in [-0.15, -0.1) is 0 Å². The summed E-state index contributed by atoms with van der Waals surface area (Å²) >= 11 is 0. The first-order valence-corrected chi connectivity index (χ1v) is 11.2. The van der Waals surface area contributed by atoms with E-state index in [9.17, 15) is 8.42 Å². The van der Waals surface area contributed by atoms with Crippen molar-refractivity contribution in [3.05, 3.63) is 66.4 Å². The van der Waals surface area contributed by atoms with Gasteiger partial charge in [-0.2, -0.15) is 0 Å². The third kappa shape index (κ3) is 4.12. The minimum absolute atomic E-state index is 0.221. The van der Waals surface area contributed by atoms with E-state index in [0.29, 0.717) is 29.5 Å². The molecule has 0 radical (unpaired) electrons. The summed E-state index contributed by atoms with van der Waals surface area (Å²) in [6.45, 7) is 0. The number of hydrogen-bond acceptors (Lipinski definition) is 4. The zero-order valence-electron chi connectivity index (χ0n) is 15.7. The lowest BCUT2D eigenvalue weighted by molar-refractivity contribution is 0.311. The molecule has 1 fully saturated rings. The van der Waals surface area contributed by atoms with E-state index in [0.717, 1.165) is 18.4 Å². The van der Waals surface area contributed by atoms with Crippen LogP contribution in [0.25, 0.3) is 11.3 Å². The molecule has 0 aliphatic heterocycles. The van der Waals surface area contributed by atoms with Crippen LogP contribution in [0.3, 0.4) is 0 Å². The Morgan fingerprint density at radius 1 is 0.929 bits per heavy atom. The van der Waals surface area contributed by atoms with Crippen molar-refractivity contribution >= 4 is 15.7 Å². The van der Waals surface area contributed by atoms with E-state index < -0.39 is 10.0 Å². The minimum Gasteiger partial charge on any atom is -0.358 e. The van der Waals surface area contributed by atoms with Crippen molar-refractivity contribution in [2.45, 2.75) is 43.4 Å². The Bertz CT molecular complexity index is 1010. The summed E-state index contributed by atoms with van der Waals surface area (Å²) in [5.74, 6) is 1.12. The van der Waals surface area contributed by atoms with Crippen molar-refractivity contribution in [2.24, 2.45) is 5.92 Å². The minimum atomic E-state index is -3.73. The number of sulfonamides is 1. The Kier molecular flexibility index (Phi) is 5.48. The highest BCUT2D eigenvalue weighted by Crippen LogP contribution is 2.36. The maximum atomic E-state index is 12.9. The first-order chi connectivity index (χ1) is 13.6. The van der Waals surface area contributed by atoms with Crippen LogP contribution in [0.2, 0.25) is 0 Å². The quantitative estimate of drug-likeness (QED) is 0.616. The molecular weight excluding hydrogens is 372 g/mol. The molecule has 6 heteroatoms. The number of anilines is 1. The van der Waals surface area contributed by atoms with E-state index in [4.69, 9.17) is 4.52 Å². The molecule has 1 saturated carbocycles. The maximum absolute atomic E-state index is 12.9. The van der Waals surface area contributed by atoms with Crippen LogP contribution < -0.4 is 4.72 Å². The van der Waals surface area contributed by atoms with Crippen molar-refractivity contribution < 1.29 is 12.9 Å². The van der Waals surface area contributed by atoms with Crippen LogP contribution in [0.5, 0.6) is 0 Å². The van der Waals surface area contributed by atoms with E-state index >= 15 is 0 Å². The SMILES string of the molecule is O=S(=O)(Nc1c(-c2ccccc2)noc1CC1CCCCC1)c1ccccc1. The highest BCUT2D eigenvalue weighted by Gasteiger charge is 2.26. The van der Waals surface area contributed by atoms with Gasteiger partial charge in [-0.25, -0.2) is 8.42 Å². The number of nitrogens with one attached hydrogen (secondary N) is 1. The molecule has 1 N–H and O–H groups in total. The van der Waals surface area contributed by atoms with Crippen molar-refractivity contribution in [2.75, 3.05) is 4.72 Å². The van der Waals surface area contributed by atoms with Crippen LogP contribution in [0.4, 0.5) is 5.69 Å². The second-order valence-corrected chi connectivity index (χ2v) is 9.00. The molecule has 1 aliphatic rings. The van der Waals surface area contributed by atoms with Crippen molar-refractivity contribution in [1.29, 1.82) is 0 Å². The van der Waals surface area contributed by atoms with Crippen LogP contribution in [0, 0.1) is 5.92 Å². The normalized spacial score (nSPS) is 15.4. The van der Waals surface area contributed by atoms with Gasteiger partial charge in [0, 0.05) is 12.0 Å². The molecule has 28 heavy (non-hydrogen) atoms. The predicted octanol–water partition coefficient (Wildman–Crippen LogP) is 5.27. The van der Waals surface area contributed by atoms with Gasteiger partial charge in [0.2, 0.25) is 0 Å². The molecular formula is C22H24N2O3S. The number of rotatable bonds is 6. The van der Waals surface area contributed by atoms with E-state index in [2.05, 4.69) is 9.88 Å². The van der Waals surface area contributed by atoms with Gasteiger partial charge in [-0.05, 0) is 18.1 Å². The van der Waals surface area contributed by atoms with Gasteiger partial charge in [0.05, 0.1) is 4.90 Å².